The third kappa shape index (κ3) is 3.92. The maximum atomic E-state index is 13.6. The van der Waals surface area contributed by atoms with Crippen LogP contribution in [0.15, 0.2) is 71.4 Å². The summed E-state index contributed by atoms with van der Waals surface area (Å²) >= 11 is 0. The van der Waals surface area contributed by atoms with Crippen LogP contribution in [0.4, 0.5) is 5.69 Å². The van der Waals surface area contributed by atoms with Gasteiger partial charge in [-0.15, -0.1) is 0 Å². The molecule has 4 rings (SSSR count). The van der Waals surface area contributed by atoms with E-state index in [1.807, 2.05) is 19.9 Å². The van der Waals surface area contributed by atoms with Gasteiger partial charge in [-0.05, 0) is 81.8 Å². The van der Waals surface area contributed by atoms with Crippen LogP contribution in [0.3, 0.4) is 0 Å². The van der Waals surface area contributed by atoms with Crippen molar-refractivity contribution in [2.45, 2.75) is 27.7 Å². The highest BCUT2D eigenvalue weighted by molar-refractivity contribution is 6.23. The number of aryl methyl sites for hydroxylation is 2. The minimum atomic E-state index is -0.541. The number of hydrogen-bond acceptors (Lipinski definition) is 4. The molecule has 3 aromatic rings. The first-order valence-electron chi connectivity index (χ1n) is 11.0. The molecule has 0 bridgehead atoms. The second kappa shape index (κ2) is 9.06. The normalized spacial score (nSPS) is 14.8. The number of carbonyl (C=O) groups excluding carboxylic acids is 2. The fourth-order valence-corrected chi connectivity index (χ4v) is 4.40. The van der Waals surface area contributed by atoms with Crippen LogP contribution in [0.25, 0.3) is 11.8 Å². The van der Waals surface area contributed by atoms with Gasteiger partial charge < -0.3 is 14.0 Å². The van der Waals surface area contributed by atoms with E-state index in [2.05, 4.69) is 35.8 Å². The van der Waals surface area contributed by atoms with Crippen molar-refractivity contribution in [3.63, 3.8) is 0 Å². The molecule has 0 aliphatic carbocycles. The van der Waals surface area contributed by atoms with Gasteiger partial charge in [-0.25, -0.2) is 4.79 Å². The fourth-order valence-electron chi connectivity index (χ4n) is 4.40. The number of esters is 1. The Morgan fingerprint density at radius 3 is 2.09 bits per heavy atom. The number of ether oxygens (including phenoxy) is 2. The Labute approximate surface area is 199 Å². The molecule has 2 heterocycles. The molecule has 1 aliphatic rings. The molecule has 0 saturated carbocycles. The lowest BCUT2D eigenvalue weighted by atomic mass is 10.0. The van der Waals surface area contributed by atoms with E-state index in [9.17, 15) is 9.59 Å². The molecular weight excluding hydrogens is 428 g/mol. The number of nitrogens with zero attached hydrogens (tertiary/aromatic N) is 2. The highest BCUT2D eigenvalue weighted by Crippen LogP contribution is 2.36. The summed E-state index contributed by atoms with van der Waals surface area (Å²) < 4.78 is 12.4. The number of aromatic nitrogens is 1. The average molecular weight is 457 g/mol. The van der Waals surface area contributed by atoms with E-state index in [-0.39, 0.29) is 11.5 Å². The van der Waals surface area contributed by atoms with E-state index in [0.717, 1.165) is 22.6 Å². The summed E-state index contributed by atoms with van der Waals surface area (Å²) in [6, 6.07) is 17.5. The molecule has 0 fully saturated rings. The van der Waals surface area contributed by atoms with Crippen LogP contribution in [-0.2, 0) is 14.3 Å². The average Bonchev–Trinajstić information content (AvgIpc) is 3.25. The van der Waals surface area contributed by atoms with Gasteiger partial charge >= 0.3 is 5.97 Å². The van der Waals surface area contributed by atoms with Gasteiger partial charge in [0.15, 0.2) is 0 Å². The number of amides is 1. The summed E-state index contributed by atoms with van der Waals surface area (Å²) in [4.78, 5) is 27.9. The molecule has 34 heavy (non-hydrogen) atoms. The Morgan fingerprint density at radius 2 is 1.50 bits per heavy atom. The zero-order valence-corrected chi connectivity index (χ0v) is 20.3. The number of benzene rings is 2. The van der Waals surface area contributed by atoms with E-state index in [1.165, 1.54) is 17.6 Å². The minimum absolute atomic E-state index is 0.267. The highest BCUT2D eigenvalue weighted by Gasteiger charge is 2.38. The summed E-state index contributed by atoms with van der Waals surface area (Å²) in [5, 5.41) is 0. The van der Waals surface area contributed by atoms with Crippen molar-refractivity contribution in [1.82, 2.24) is 4.57 Å². The second-order valence-corrected chi connectivity index (χ2v) is 8.35. The SMILES string of the molecule is COC(=O)C1=C(C)N(c2ccc(OC)cc2)C(=O)/C1=C\c1cc(C)n(-c2ccc(C)cc2)c1C. The fraction of sp³-hybridized carbons (Fsp3) is 0.214. The summed E-state index contributed by atoms with van der Waals surface area (Å²) in [6.07, 6.45) is 1.79. The lowest BCUT2D eigenvalue weighted by Crippen LogP contribution is -2.24. The van der Waals surface area contributed by atoms with E-state index in [1.54, 1.807) is 44.4 Å². The Bertz CT molecular complexity index is 1330. The van der Waals surface area contributed by atoms with E-state index < -0.39 is 5.97 Å². The third-order valence-corrected chi connectivity index (χ3v) is 6.18. The van der Waals surface area contributed by atoms with Gasteiger partial charge in [-0.1, -0.05) is 17.7 Å². The molecule has 0 spiro atoms. The van der Waals surface area contributed by atoms with Gasteiger partial charge in [0.2, 0.25) is 0 Å². The van der Waals surface area contributed by atoms with Crippen LogP contribution in [-0.4, -0.2) is 30.7 Å². The van der Waals surface area contributed by atoms with Crippen LogP contribution in [0.2, 0.25) is 0 Å². The van der Waals surface area contributed by atoms with E-state index in [4.69, 9.17) is 9.47 Å². The topological polar surface area (TPSA) is 60.8 Å². The number of rotatable bonds is 5. The molecule has 1 aromatic heterocycles. The van der Waals surface area contributed by atoms with Crippen LogP contribution >= 0.6 is 0 Å². The standard InChI is InChI=1S/C28H28N2O4/c1-17-7-9-22(10-8-17)29-18(2)15-21(19(29)3)16-25-26(28(32)34-6)20(4)30(27(25)31)23-11-13-24(33-5)14-12-23/h7-16H,1-6H3/b25-16-. The van der Waals surface area contributed by atoms with Gasteiger partial charge in [-0.3, -0.25) is 9.69 Å². The number of anilines is 1. The predicted molar refractivity (Wildman–Crippen MR) is 133 cm³/mol. The monoisotopic (exact) mass is 456 g/mol. The van der Waals surface area contributed by atoms with Gasteiger partial charge in [0, 0.05) is 28.5 Å². The first-order valence-corrected chi connectivity index (χ1v) is 11.0. The maximum Gasteiger partial charge on any atom is 0.340 e. The molecule has 1 aliphatic heterocycles. The quantitative estimate of drug-likeness (QED) is 0.387. The number of allylic oxidation sites excluding steroid dienone is 1. The number of methoxy groups -OCH3 is 2. The van der Waals surface area contributed by atoms with E-state index in [0.29, 0.717) is 22.7 Å². The van der Waals surface area contributed by atoms with Crippen LogP contribution in [0.5, 0.6) is 5.75 Å². The zero-order valence-electron chi connectivity index (χ0n) is 20.3. The summed E-state index contributed by atoms with van der Waals surface area (Å²) in [7, 11) is 2.91. The largest absolute Gasteiger partial charge is 0.497 e. The van der Waals surface area contributed by atoms with Gasteiger partial charge in [-0.2, -0.15) is 0 Å². The Balaban J connectivity index is 1.82. The van der Waals surface area contributed by atoms with E-state index >= 15 is 0 Å². The summed E-state index contributed by atoms with van der Waals surface area (Å²) in [6.45, 7) is 7.84. The Hall–Kier alpha value is -4.06. The molecule has 0 atom stereocenters. The first-order chi connectivity index (χ1) is 16.3. The van der Waals surface area contributed by atoms with Crippen molar-refractivity contribution >= 4 is 23.6 Å². The number of carbonyl (C=O) groups is 2. The van der Waals surface area contributed by atoms with Crippen LogP contribution in [0.1, 0.15) is 29.4 Å². The predicted octanol–water partition coefficient (Wildman–Crippen LogP) is 5.29. The number of hydrogen-bond donors (Lipinski definition) is 0. The van der Waals surface area contributed by atoms with Crippen molar-refractivity contribution in [2.24, 2.45) is 0 Å². The van der Waals surface area contributed by atoms with Crippen molar-refractivity contribution < 1.29 is 19.1 Å². The zero-order chi connectivity index (χ0) is 24.6. The van der Waals surface area contributed by atoms with Gasteiger partial charge in [0.25, 0.3) is 5.91 Å². The molecule has 2 aromatic carbocycles. The van der Waals surface area contributed by atoms with Gasteiger partial charge in [0.1, 0.15) is 5.75 Å². The molecule has 6 nitrogen and oxygen atoms in total. The van der Waals surface area contributed by atoms with Crippen LogP contribution in [0, 0.1) is 20.8 Å². The van der Waals surface area contributed by atoms with Crippen molar-refractivity contribution in [2.75, 3.05) is 19.1 Å². The van der Waals surface area contributed by atoms with Crippen molar-refractivity contribution in [3.8, 4) is 11.4 Å². The second-order valence-electron chi connectivity index (χ2n) is 8.35. The van der Waals surface area contributed by atoms with Crippen molar-refractivity contribution in [3.05, 3.63) is 94.0 Å². The first kappa shape index (κ1) is 23.1. The molecule has 174 valence electrons. The van der Waals surface area contributed by atoms with Crippen molar-refractivity contribution in [1.29, 1.82) is 0 Å². The molecular formula is C28H28N2O4. The molecule has 0 unspecified atom stereocenters. The third-order valence-electron chi connectivity index (χ3n) is 6.18. The molecule has 0 N–H and O–H groups in total. The summed E-state index contributed by atoms with van der Waals surface area (Å²) in [5.74, 6) is -0.131. The Kier molecular flexibility index (Phi) is 6.16. The lowest BCUT2D eigenvalue weighted by Gasteiger charge is -2.18. The Morgan fingerprint density at radius 1 is 0.882 bits per heavy atom. The minimum Gasteiger partial charge on any atom is -0.497 e. The smallest absolute Gasteiger partial charge is 0.340 e. The molecule has 1 amide bonds. The molecule has 0 saturated heterocycles. The maximum absolute atomic E-state index is 13.6. The molecule has 6 heteroatoms. The van der Waals surface area contributed by atoms with Gasteiger partial charge in [0.05, 0.1) is 25.4 Å². The van der Waals surface area contributed by atoms with Crippen LogP contribution < -0.4 is 9.64 Å². The lowest BCUT2D eigenvalue weighted by molar-refractivity contribution is -0.136. The summed E-state index contributed by atoms with van der Waals surface area (Å²) in [5.41, 5.74) is 6.87. The molecule has 0 radical (unpaired) electrons. The highest BCUT2D eigenvalue weighted by atomic mass is 16.5.